The number of aryl methyl sites for hydroxylation is 1. The molecule has 0 amide bonds. The summed E-state index contributed by atoms with van der Waals surface area (Å²) >= 11 is 0. The van der Waals surface area contributed by atoms with Crippen LogP contribution >= 0.6 is 0 Å². The average molecular weight is 293 g/mol. The lowest BCUT2D eigenvalue weighted by Crippen LogP contribution is -2.76. The van der Waals surface area contributed by atoms with E-state index in [2.05, 4.69) is 27.8 Å². The highest BCUT2D eigenvalue weighted by atomic mass is 15.1. The van der Waals surface area contributed by atoms with Gasteiger partial charge in [0, 0.05) is 17.3 Å². The second kappa shape index (κ2) is 4.97. The Morgan fingerprint density at radius 1 is 1.00 bits per heavy atom. The van der Waals surface area contributed by atoms with Crippen LogP contribution in [0.25, 0.3) is 10.9 Å². The number of nitrogens with zero attached hydrogens (tertiary/aromatic N) is 1. The van der Waals surface area contributed by atoms with Crippen molar-refractivity contribution < 1.29 is 4.99 Å². The normalized spacial score (nSPS) is 21.7. The second-order valence-electron chi connectivity index (χ2n) is 7.35. The molecule has 1 aliphatic heterocycles. The highest BCUT2D eigenvalue weighted by Gasteiger charge is 2.30. The van der Waals surface area contributed by atoms with Gasteiger partial charge >= 0.3 is 0 Å². The summed E-state index contributed by atoms with van der Waals surface area (Å²) in [6, 6.07) is 7.39. The van der Waals surface area contributed by atoms with Gasteiger partial charge in [-0.3, -0.25) is 0 Å². The van der Waals surface area contributed by atoms with Gasteiger partial charge in [0.15, 0.2) is 12.3 Å². The van der Waals surface area contributed by atoms with Gasteiger partial charge in [-0.1, -0.05) is 25.3 Å². The molecule has 1 saturated carbocycles. The maximum atomic E-state index is 3.65. The fraction of sp³-hybridized carbons (Fsp3) is 0.550. The van der Waals surface area contributed by atoms with Gasteiger partial charge in [-0.15, -0.1) is 0 Å². The largest absolute Gasteiger partial charge is 0.329 e. The third kappa shape index (κ3) is 1.82. The van der Waals surface area contributed by atoms with Crippen LogP contribution in [-0.4, -0.2) is 16.8 Å². The Balaban J connectivity index is 1.68. The van der Waals surface area contributed by atoms with Crippen molar-refractivity contribution in [3.8, 4) is 0 Å². The molecule has 0 saturated heterocycles. The molecule has 2 aliphatic carbocycles. The van der Waals surface area contributed by atoms with Gasteiger partial charge < -0.3 is 4.57 Å². The summed E-state index contributed by atoms with van der Waals surface area (Å²) in [5.74, 6) is 0.812. The number of rotatable bonds is 1. The van der Waals surface area contributed by atoms with Crippen LogP contribution in [0.2, 0.25) is 0 Å². The molecule has 1 aromatic carbocycles. The summed E-state index contributed by atoms with van der Waals surface area (Å²) in [5, 5.41) is 1.55. The van der Waals surface area contributed by atoms with Crippen molar-refractivity contribution >= 4 is 16.6 Å². The summed E-state index contributed by atoms with van der Waals surface area (Å²) in [7, 11) is 0. The molecule has 5 rings (SSSR count). The monoisotopic (exact) mass is 293 g/mol. The maximum absolute atomic E-state index is 3.65. The summed E-state index contributed by atoms with van der Waals surface area (Å²) in [5.41, 5.74) is 7.74. The summed E-state index contributed by atoms with van der Waals surface area (Å²) in [4.78, 5) is 3.65. The molecule has 3 aliphatic rings. The van der Waals surface area contributed by atoms with E-state index in [0.717, 1.165) is 19.0 Å². The van der Waals surface area contributed by atoms with Gasteiger partial charge in [-0.2, -0.15) is 0 Å². The summed E-state index contributed by atoms with van der Waals surface area (Å²) in [6.45, 7) is 2.22. The molecule has 2 heteroatoms. The first-order valence-electron chi connectivity index (χ1n) is 9.17. The minimum atomic E-state index is 0.812. The Morgan fingerprint density at radius 2 is 1.91 bits per heavy atom. The zero-order chi connectivity index (χ0) is 14.5. The van der Waals surface area contributed by atoms with E-state index in [-0.39, 0.29) is 0 Å². The molecule has 1 N–H and O–H groups in total. The smallest absolute Gasteiger partial charge is 0.198 e. The summed E-state index contributed by atoms with van der Waals surface area (Å²) in [6.07, 6.45) is 10.9. The van der Waals surface area contributed by atoms with Gasteiger partial charge in [-0.25, -0.2) is 4.99 Å². The van der Waals surface area contributed by atoms with E-state index in [0.29, 0.717) is 0 Å². The average Bonchev–Trinajstić information content (AvgIpc) is 2.92. The van der Waals surface area contributed by atoms with E-state index in [4.69, 9.17) is 0 Å². The van der Waals surface area contributed by atoms with E-state index in [1.807, 2.05) is 0 Å². The lowest BCUT2D eigenvalue weighted by Gasteiger charge is -2.22. The molecule has 2 heterocycles. The first-order chi connectivity index (χ1) is 10.9. The van der Waals surface area contributed by atoms with Crippen molar-refractivity contribution in [1.82, 2.24) is 4.57 Å². The van der Waals surface area contributed by atoms with Crippen LogP contribution in [0.15, 0.2) is 18.2 Å². The predicted molar refractivity (Wildman–Crippen MR) is 90.6 cm³/mol. The highest BCUT2D eigenvalue weighted by molar-refractivity contribution is 6.04. The van der Waals surface area contributed by atoms with E-state index in [1.165, 1.54) is 68.3 Å². The SMILES string of the molecule is c1cc2c(cc1C1CCCCC1)c1c3n2CC[NH+]=C3CCC1. The van der Waals surface area contributed by atoms with Crippen LogP contribution in [0, 0.1) is 0 Å². The van der Waals surface area contributed by atoms with Crippen LogP contribution in [-0.2, 0) is 13.0 Å². The van der Waals surface area contributed by atoms with Gasteiger partial charge in [-0.05, 0) is 54.9 Å². The van der Waals surface area contributed by atoms with E-state index in [9.17, 15) is 0 Å². The molecule has 1 fully saturated rings. The Hall–Kier alpha value is -1.57. The fourth-order valence-electron chi connectivity index (χ4n) is 5.01. The molecule has 0 atom stereocenters. The maximum Gasteiger partial charge on any atom is 0.198 e. The summed E-state index contributed by atoms with van der Waals surface area (Å²) < 4.78 is 2.58. The van der Waals surface area contributed by atoms with Gasteiger partial charge in [0.1, 0.15) is 5.69 Å². The molecule has 0 spiro atoms. The number of hydrogen-bond donors (Lipinski definition) is 1. The molecule has 22 heavy (non-hydrogen) atoms. The lowest BCUT2D eigenvalue weighted by atomic mass is 9.83. The van der Waals surface area contributed by atoms with Crippen LogP contribution in [0.5, 0.6) is 0 Å². The molecule has 114 valence electrons. The Morgan fingerprint density at radius 3 is 2.82 bits per heavy atom. The van der Waals surface area contributed by atoms with Gasteiger partial charge in [0.2, 0.25) is 0 Å². The fourth-order valence-corrected chi connectivity index (χ4v) is 5.01. The third-order valence-electron chi connectivity index (χ3n) is 6.08. The highest BCUT2D eigenvalue weighted by Crippen LogP contribution is 2.37. The molecule has 2 aromatic rings. The van der Waals surface area contributed by atoms with Crippen LogP contribution in [0.1, 0.15) is 67.7 Å². The first kappa shape index (κ1) is 12.9. The molecule has 0 unspecified atom stereocenters. The molecule has 2 nitrogen and oxygen atoms in total. The standard InChI is InChI=1S/C20H24N2/c1-2-5-14(6-3-1)15-9-10-19-17(13-15)16-7-4-8-18-20(16)22(19)12-11-21-18/h9-10,13-14H,1-8,11-12H2/p+1. The van der Waals surface area contributed by atoms with Gasteiger partial charge in [0.05, 0.1) is 6.54 Å². The lowest BCUT2D eigenvalue weighted by molar-refractivity contribution is -0.463. The number of nitrogens with one attached hydrogen (secondary N) is 1. The zero-order valence-electron chi connectivity index (χ0n) is 13.3. The van der Waals surface area contributed by atoms with E-state index in [1.54, 1.807) is 16.5 Å². The minimum Gasteiger partial charge on any atom is -0.329 e. The number of hydrogen-bond acceptors (Lipinski definition) is 0. The molecule has 0 radical (unpaired) electrons. The second-order valence-corrected chi connectivity index (χ2v) is 7.35. The van der Waals surface area contributed by atoms with Crippen LogP contribution in [0.3, 0.4) is 0 Å². The van der Waals surface area contributed by atoms with Crippen molar-refractivity contribution in [2.75, 3.05) is 6.54 Å². The van der Waals surface area contributed by atoms with Gasteiger partial charge in [0.25, 0.3) is 0 Å². The van der Waals surface area contributed by atoms with Crippen molar-refractivity contribution in [3.63, 3.8) is 0 Å². The van der Waals surface area contributed by atoms with E-state index < -0.39 is 0 Å². The molecular weight excluding hydrogens is 268 g/mol. The predicted octanol–water partition coefficient (Wildman–Crippen LogP) is 2.91. The number of aromatic nitrogens is 1. The number of benzene rings is 1. The van der Waals surface area contributed by atoms with Crippen molar-refractivity contribution in [1.29, 1.82) is 0 Å². The molecule has 1 aromatic heterocycles. The van der Waals surface area contributed by atoms with E-state index >= 15 is 0 Å². The van der Waals surface area contributed by atoms with Crippen molar-refractivity contribution in [2.24, 2.45) is 0 Å². The molecule has 0 bridgehead atoms. The first-order valence-corrected chi connectivity index (χ1v) is 9.17. The van der Waals surface area contributed by atoms with Crippen LogP contribution in [0.4, 0.5) is 0 Å². The van der Waals surface area contributed by atoms with Crippen molar-refractivity contribution in [2.45, 2.75) is 63.8 Å². The third-order valence-corrected chi connectivity index (χ3v) is 6.08. The zero-order valence-corrected chi connectivity index (χ0v) is 13.3. The van der Waals surface area contributed by atoms with Crippen molar-refractivity contribution in [3.05, 3.63) is 35.0 Å². The topological polar surface area (TPSA) is 18.9 Å². The molecular formula is C20H25N2+. The Bertz CT molecular complexity index is 760. The van der Waals surface area contributed by atoms with Crippen LogP contribution < -0.4 is 4.99 Å². The Labute approximate surface area is 132 Å². The minimum absolute atomic E-state index is 0.812. The number of fused-ring (bicyclic) bond motifs is 3. The quantitative estimate of drug-likeness (QED) is 0.834. The Kier molecular flexibility index (Phi) is 2.92.